The van der Waals surface area contributed by atoms with Crippen LogP contribution in [0.2, 0.25) is 0 Å². The van der Waals surface area contributed by atoms with Gasteiger partial charge in [0.25, 0.3) is 0 Å². The molecule has 1 unspecified atom stereocenters. The third kappa shape index (κ3) is 2.63. The highest BCUT2D eigenvalue weighted by Gasteiger charge is 2.22. The first-order valence-electron chi connectivity index (χ1n) is 7.17. The third-order valence-corrected chi connectivity index (χ3v) is 4.19. The lowest BCUT2D eigenvalue weighted by atomic mass is 9.99. The summed E-state index contributed by atoms with van der Waals surface area (Å²) in [5.41, 5.74) is 2.53. The number of hydrogen-bond donors (Lipinski definition) is 0. The number of rotatable bonds is 2. The summed E-state index contributed by atoms with van der Waals surface area (Å²) in [5, 5.41) is 0. The van der Waals surface area contributed by atoms with Crippen LogP contribution in [0.15, 0.2) is 18.9 Å². The zero-order valence-electron chi connectivity index (χ0n) is 11.7. The van der Waals surface area contributed by atoms with Crippen LogP contribution in [0.4, 0.5) is 5.95 Å². The standard InChI is InChI=1S/C15H22N4/c1-3-12-5-4-7-19(10-12)15-16-9-13-11-18(2)8-6-14(13)17-15/h3,9,12H,1,4-8,10-11H2,2H3. The maximum Gasteiger partial charge on any atom is 0.225 e. The van der Waals surface area contributed by atoms with Crippen molar-refractivity contribution in [1.82, 2.24) is 14.9 Å². The number of fused-ring (bicyclic) bond motifs is 1. The molecule has 0 amide bonds. The topological polar surface area (TPSA) is 32.3 Å². The van der Waals surface area contributed by atoms with E-state index in [1.807, 2.05) is 6.20 Å². The lowest BCUT2D eigenvalue weighted by Gasteiger charge is -2.32. The normalized spacial score (nSPS) is 24.1. The molecular formula is C15H22N4. The van der Waals surface area contributed by atoms with E-state index < -0.39 is 0 Å². The van der Waals surface area contributed by atoms with Crippen molar-refractivity contribution in [3.63, 3.8) is 0 Å². The Morgan fingerprint density at radius 1 is 1.42 bits per heavy atom. The zero-order valence-corrected chi connectivity index (χ0v) is 11.7. The van der Waals surface area contributed by atoms with Crippen LogP contribution in [0, 0.1) is 5.92 Å². The third-order valence-electron chi connectivity index (χ3n) is 4.19. The number of aromatic nitrogens is 2. The molecule has 0 saturated carbocycles. The van der Waals surface area contributed by atoms with E-state index in [1.165, 1.54) is 24.1 Å². The minimum absolute atomic E-state index is 0.583. The molecule has 0 spiro atoms. The van der Waals surface area contributed by atoms with Gasteiger partial charge in [-0.25, -0.2) is 9.97 Å². The summed E-state index contributed by atoms with van der Waals surface area (Å²) in [7, 11) is 2.15. The summed E-state index contributed by atoms with van der Waals surface area (Å²) < 4.78 is 0. The van der Waals surface area contributed by atoms with Gasteiger partial charge in [-0.2, -0.15) is 0 Å². The highest BCUT2D eigenvalue weighted by Crippen LogP contribution is 2.23. The second-order valence-corrected chi connectivity index (χ2v) is 5.71. The van der Waals surface area contributed by atoms with E-state index >= 15 is 0 Å². The van der Waals surface area contributed by atoms with Crippen LogP contribution in [0.3, 0.4) is 0 Å². The molecule has 4 heteroatoms. The van der Waals surface area contributed by atoms with Gasteiger partial charge in [-0.3, -0.25) is 0 Å². The fourth-order valence-electron chi connectivity index (χ4n) is 2.98. The van der Waals surface area contributed by atoms with Crippen LogP contribution < -0.4 is 4.90 Å². The minimum Gasteiger partial charge on any atom is -0.340 e. The Bertz CT molecular complexity index is 471. The van der Waals surface area contributed by atoms with Gasteiger partial charge >= 0.3 is 0 Å². The quantitative estimate of drug-likeness (QED) is 0.758. The summed E-state index contributed by atoms with van der Waals surface area (Å²) in [6.07, 6.45) is 7.58. The summed E-state index contributed by atoms with van der Waals surface area (Å²) in [5.74, 6) is 1.49. The van der Waals surface area contributed by atoms with Crippen molar-refractivity contribution in [3.05, 3.63) is 30.1 Å². The summed E-state index contributed by atoms with van der Waals surface area (Å²) in [6.45, 7) is 8.08. The highest BCUT2D eigenvalue weighted by atomic mass is 15.3. The average Bonchev–Trinajstić information content (AvgIpc) is 2.46. The Hall–Kier alpha value is -1.42. The maximum atomic E-state index is 4.79. The molecule has 0 N–H and O–H groups in total. The van der Waals surface area contributed by atoms with Gasteiger partial charge in [-0.1, -0.05) is 6.08 Å². The van der Waals surface area contributed by atoms with Gasteiger partial charge in [-0.05, 0) is 25.8 Å². The second-order valence-electron chi connectivity index (χ2n) is 5.71. The first kappa shape index (κ1) is 12.6. The molecule has 102 valence electrons. The van der Waals surface area contributed by atoms with Gasteiger partial charge in [0, 0.05) is 44.4 Å². The van der Waals surface area contributed by atoms with E-state index in [9.17, 15) is 0 Å². The van der Waals surface area contributed by atoms with E-state index in [1.54, 1.807) is 0 Å². The van der Waals surface area contributed by atoms with Crippen LogP contribution >= 0.6 is 0 Å². The zero-order chi connectivity index (χ0) is 13.2. The van der Waals surface area contributed by atoms with E-state index in [0.717, 1.165) is 38.5 Å². The second kappa shape index (κ2) is 5.29. The fourth-order valence-corrected chi connectivity index (χ4v) is 2.98. The predicted molar refractivity (Wildman–Crippen MR) is 77.2 cm³/mol. The molecule has 0 radical (unpaired) electrons. The van der Waals surface area contributed by atoms with Gasteiger partial charge in [0.05, 0.1) is 5.69 Å². The average molecular weight is 258 g/mol. The van der Waals surface area contributed by atoms with Crippen molar-refractivity contribution in [2.45, 2.75) is 25.8 Å². The van der Waals surface area contributed by atoms with Gasteiger partial charge in [0.1, 0.15) is 0 Å². The Morgan fingerprint density at radius 3 is 3.16 bits per heavy atom. The van der Waals surface area contributed by atoms with Gasteiger partial charge < -0.3 is 9.80 Å². The molecule has 1 aromatic rings. The lowest BCUT2D eigenvalue weighted by Crippen LogP contribution is -2.36. The SMILES string of the molecule is C=CC1CCCN(c2ncc3c(n2)CCN(C)C3)C1. The van der Waals surface area contributed by atoms with Gasteiger partial charge in [-0.15, -0.1) is 6.58 Å². The Morgan fingerprint density at radius 2 is 2.32 bits per heavy atom. The molecule has 1 atom stereocenters. The van der Waals surface area contributed by atoms with Crippen LogP contribution in [0.1, 0.15) is 24.1 Å². The Labute approximate surface area is 115 Å². The molecule has 0 bridgehead atoms. The minimum atomic E-state index is 0.583. The number of piperidine rings is 1. The van der Waals surface area contributed by atoms with E-state index in [2.05, 4.69) is 34.5 Å². The van der Waals surface area contributed by atoms with Crippen molar-refractivity contribution in [1.29, 1.82) is 0 Å². The largest absolute Gasteiger partial charge is 0.340 e. The number of anilines is 1. The first-order valence-corrected chi connectivity index (χ1v) is 7.17. The van der Waals surface area contributed by atoms with Crippen molar-refractivity contribution in [2.24, 2.45) is 5.92 Å². The summed E-state index contributed by atoms with van der Waals surface area (Å²) in [4.78, 5) is 14.0. The Balaban J connectivity index is 1.80. The number of nitrogens with zero attached hydrogens (tertiary/aromatic N) is 4. The number of likely N-dealkylation sites (N-methyl/N-ethyl adjacent to an activating group) is 1. The van der Waals surface area contributed by atoms with Crippen LogP contribution in [-0.4, -0.2) is 41.5 Å². The first-order chi connectivity index (χ1) is 9.26. The van der Waals surface area contributed by atoms with Crippen molar-refractivity contribution < 1.29 is 0 Å². The monoisotopic (exact) mass is 258 g/mol. The maximum absolute atomic E-state index is 4.79. The van der Waals surface area contributed by atoms with Crippen molar-refractivity contribution in [2.75, 3.05) is 31.6 Å². The molecule has 2 aliphatic heterocycles. The number of hydrogen-bond acceptors (Lipinski definition) is 4. The van der Waals surface area contributed by atoms with Crippen LogP contribution in [-0.2, 0) is 13.0 Å². The van der Waals surface area contributed by atoms with Crippen molar-refractivity contribution in [3.8, 4) is 0 Å². The highest BCUT2D eigenvalue weighted by molar-refractivity contribution is 5.35. The van der Waals surface area contributed by atoms with E-state index in [4.69, 9.17) is 4.98 Å². The van der Waals surface area contributed by atoms with Gasteiger partial charge in [0.15, 0.2) is 0 Å². The van der Waals surface area contributed by atoms with Gasteiger partial charge in [0.2, 0.25) is 5.95 Å². The van der Waals surface area contributed by atoms with Crippen LogP contribution in [0.5, 0.6) is 0 Å². The van der Waals surface area contributed by atoms with Crippen molar-refractivity contribution >= 4 is 5.95 Å². The molecule has 0 aliphatic carbocycles. The lowest BCUT2D eigenvalue weighted by molar-refractivity contribution is 0.309. The molecule has 0 aromatic carbocycles. The molecule has 3 heterocycles. The van der Waals surface area contributed by atoms with E-state index in [0.29, 0.717) is 5.92 Å². The molecule has 19 heavy (non-hydrogen) atoms. The molecule has 1 fully saturated rings. The molecule has 3 rings (SSSR count). The van der Waals surface area contributed by atoms with Crippen LogP contribution in [0.25, 0.3) is 0 Å². The smallest absolute Gasteiger partial charge is 0.225 e. The molecule has 4 nitrogen and oxygen atoms in total. The fraction of sp³-hybridized carbons (Fsp3) is 0.600. The Kier molecular flexibility index (Phi) is 3.51. The predicted octanol–water partition coefficient (Wildman–Crippen LogP) is 1.87. The van der Waals surface area contributed by atoms with E-state index in [-0.39, 0.29) is 0 Å². The summed E-state index contributed by atoms with van der Waals surface area (Å²) in [6, 6.07) is 0. The molecule has 1 aromatic heterocycles. The molecule has 1 saturated heterocycles. The molecule has 2 aliphatic rings. The summed E-state index contributed by atoms with van der Waals surface area (Å²) >= 11 is 0. The molecular weight excluding hydrogens is 236 g/mol.